The molecule has 2 unspecified atom stereocenters. The summed E-state index contributed by atoms with van der Waals surface area (Å²) in [5.41, 5.74) is 4.60. The van der Waals surface area contributed by atoms with E-state index in [1.165, 1.54) is 24.0 Å². The number of benzene rings is 1. The molecule has 0 aromatic heterocycles. The van der Waals surface area contributed by atoms with Gasteiger partial charge in [-0.2, -0.15) is 0 Å². The second kappa shape index (κ2) is 5.14. The summed E-state index contributed by atoms with van der Waals surface area (Å²) in [7, 11) is 0. The minimum atomic E-state index is 0.143. The van der Waals surface area contributed by atoms with E-state index >= 15 is 0 Å². The highest BCUT2D eigenvalue weighted by Crippen LogP contribution is 2.42. The average Bonchev–Trinajstić information content (AvgIpc) is 2.36. The molecule has 1 aromatic rings. The molecule has 0 saturated carbocycles. The van der Waals surface area contributed by atoms with E-state index in [2.05, 4.69) is 70.2 Å². The standard InChI is InChI=1S/C18H24/c1-5-9-16-11-8-13-18(4,15(16)3)17-12-7-6-10-14(17)2/h6-8,10-13,15H,5,9H2,1-4H3. The maximum atomic E-state index is 2.37. The van der Waals surface area contributed by atoms with E-state index in [4.69, 9.17) is 0 Å². The summed E-state index contributed by atoms with van der Waals surface area (Å²) in [6.45, 7) is 9.23. The molecule has 0 fully saturated rings. The Morgan fingerprint density at radius 1 is 1.22 bits per heavy atom. The van der Waals surface area contributed by atoms with Crippen LogP contribution in [-0.4, -0.2) is 0 Å². The Labute approximate surface area is 111 Å². The van der Waals surface area contributed by atoms with Gasteiger partial charge in [0.1, 0.15) is 0 Å². The first-order valence-corrected chi connectivity index (χ1v) is 7.04. The zero-order valence-corrected chi connectivity index (χ0v) is 12.0. The molecule has 0 nitrogen and oxygen atoms in total. The SMILES string of the molecule is CCCC1=CC=CC(C)(c2ccccc2C)C1C. The first-order chi connectivity index (χ1) is 8.59. The van der Waals surface area contributed by atoms with Crippen LogP contribution < -0.4 is 0 Å². The molecule has 0 bridgehead atoms. The predicted molar refractivity (Wildman–Crippen MR) is 79.8 cm³/mol. The van der Waals surface area contributed by atoms with Gasteiger partial charge in [-0.05, 0) is 30.4 Å². The van der Waals surface area contributed by atoms with E-state index in [0.29, 0.717) is 5.92 Å². The van der Waals surface area contributed by atoms with Crippen molar-refractivity contribution in [2.45, 2.75) is 46.0 Å². The van der Waals surface area contributed by atoms with Gasteiger partial charge < -0.3 is 0 Å². The molecule has 1 aromatic carbocycles. The number of hydrogen-bond donors (Lipinski definition) is 0. The maximum absolute atomic E-state index is 2.37. The van der Waals surface area contributed by atoms with Crippen LogP contribution in [0.15, 0.2) is 48.1 Å². The van der Waals surface area contributed by atoms with Crippen molar-refractivity contribution in [2.24, 2.45) is 5.92 Å². The smallest absolute Gasteiger partial charge is 0.0172 e. The van der Waals surface area contributed by atoms with Gasteiger partial charge in [0.2, 0.25) is 0 Å². The molecule has 2 rings (SSSR count). The van der Waals surface area contributed by atoms with Crippen molar-refractivity contribution in [1.29, 1.82) is 0 Å². The molecule has 0 N–H and O–H groups in total. The zero-order valence-electron chi connectivity index (χ0n) is 12.0. The Hall–Kier alpha value is -1.30. The second-order valence-corrected chi connectivity index (χ2v) is 5.67. The van der Waals surface area contributed by atoms with Gasteiger partial charge in [0.15, 0.2) is 0 Å². The van der Waals surface area contributed by atoms with Crippen LogP contribution in [0.5, 0.6) is 0 Å². The van der Waals surface area contributed by atoms with Crippen molar-refractivity contribution in [3.05, 3.63) is 59.2 Å². The van der Waals surface area contributed by atoms with E-state index in [9.17, 15) is 0 Å². The van der Waals surface area contributed by atoms with E-state index < -0.39 is 0 Å². The fraction of sp³-hybridized carbons (Fsp3) is 0.444. The molecule has 18 heavy (non-hydrogen) atoms. The molecular formula is C18H24. The van der Waals surface area contributed by atoms with E-state index in [1.807, 2.05) is 0 Å². The lowest BCUT2D eigenvalue weighted by Gasteiger charge is -2.38. The average molecular weight is 240 g/mol. The third-order valence-electron chi connectivity index (χ3n) is 4.47. The van der Waals surface area contributed by atoms with Gasteiger partial charge in [-0.15, -0.1) is 0 Å². The van der Waals surface area contributed by atoms with Crippen LogP contribution in [0, 0.1) is 12.8 Å². The second-order valence-electron chi connectivity index (χ2n) is 5.67. The van der Waals surface area contributed by atoms with Gasteiger partial charge >= 0.3 is 0 Å². The predicted octanol–water partition coefficient (Wildman–Crippen LogP) is 5.19. The summed E-state index contributed by atoms with van der Waals surface area (Å²) in [5.74, 6) is 0.587. The van der Waals surface area contributed by atoms with Crippen LogP contribution >= 0.6 is 0 Å². The highest BCUT2D eigenvalue weighted by atomic mass is 14.4. The zero-order chi connectivity index (χ0) is 13.2. The van der Waals surface area contributed by atoms with Crippen LogP contribution in [-0.2, 0) is 5.41 Å². The third-order valence-corrected chi connectivity index (χ3v) is 4.47. The van der Waals surface area contributed by atoms with Crippen LogP contribution in [0.1, 0.15) is 44.7 Å². The Kier molecular flexibility index (Phi) is 3.75. The van der Waals surface area contributed by atoms with Gasteiger partial charge in [0.25, 0.3) is 0 Å². The Morgan fingerprint density at radius 3 is 2.61 bits per heavy atom. The van der Waals surface area contributed by atoms with Gasteiger partial charge in [0, 0.05) is 5.41 Å². The van der Waals surface area contributed by atoms with E-state index in [-0.39, 0.29) is 5.41 Å². The first-order valence-electron chi connectivity index (χ1n) is 7.04. The van der Waals surface area contributed by atoms with Crippen molar-refractivity contribution in [3.8, 4) is 0 Å². The van der Waals surface area contributed by atoms with Gasteiger partial charge in [0.05, 0.1) is 0 Å². The third kappa shape index (κ3) is 2.16. The molecule has 1 aliphatic rings. The van der Waals surface area contributed by atoms with Gasteiger partial charge in [-0.3, -0.25) is 0 Å². The van der Waals surface area contributed by atoms with Crippen molar-refractivity contribution in [2.75, 3.05) is 0 Å². The molecule has 0 heteroatoms. The number of rotatable bonds is 3. The van der Waals surface area contributed by atoms with E-state index in [1.54, 1.807) is 5.57 Å². The molecule has 0 amide bonds. The summed E-state index contributed by atoms with van der Waals surface area (Å²) < 4.78 is 0. The minimum Gasteiger partial charge on any atom is -0.0736 e. The molecule has 0 spiro atoms. The summed E-state index contributed by atoms with van der Waals surface area (Å²) in [4.78, 5) is 0. The first kappa shape index (κ1) is 13.1. The highest BCUT2D eigenvalue weighted by molar-refractivity contribution is 5.43. The fourth-order valence-corrected chi connectivity index (χ4v) is 3.13. The number of aryl methyl sites for hydroxylation is 1. The van der Waals surface area contributed by atoms with Crippen molar-refractivity contribution < 1.29 is 0 Å². The monoisotopic (exact) mass is 240 g/mol. The molecular weight excluding hydrogens is 216 g/mol. The van der Waals surface area contributed by atoms with Crippen LogP contribution in [0.2, 0.25) is 0 Å². The molecule has 96 valence electrons. The van der Waals surface area contributed by atoms with E-state index in [0.717, 1.165) is 0 Å². The topological polar surface area (TPSA) is 0 Å². The Bertz CT molecular complexity index is 479. The van der Waals surface area contributed by atoms with Crippen molar-refractivity contribution in [3.63, 3.8) is 0 Å². The Morgan fingerprint density at radius 2 is 1.94 bits per heavy atom. The lowest BCUT2D eigenvalue weighted by molar-refractivity contribution is 0.422. The normalized spacial score (nSPS) is 27.1. The largest absolute Gasteiger partial charge is 0.0736 e. The molecule has 0 radical (unpaired) electrons. The molecule has 0 heterocycles. The number of hydrogen-bond acceptors (Lipinski definition) is 0. The van der Waals surface area contributed by atoms with Crippen LogP contribution in [0.3, 0.4) is 0 Å². The van der Waals surface area contributed by atoms with Crippen molar-refractivity contribution >= 4 is 0 Å². The highest BCUT2D eigenvalue weighted by Gasteiger charge is 2.34. The fourth-order valence-electron chi connectivity index (χ4n) is 3.13. The lowest BCUT2D eigenvalue weighted by Crippen LogP contribution is -2.32. The summed E-state index contributed by atoms with van der Waals surface area (Å²) in [5, 5.41) is 0. The Balaban J connectivity index is 2.41. The maximum Gasteiger partial charge on any atom is 0.0172 e. The summed E-state index contributed by atoms with van der Waals surface area (Å²) >= 11 is 0. The van der Waals surface area contributed by atoms with Crippen molar-refractivity contribution in [1.82, 2.24) is 0 Å². The lowest BCUT2D eigenvalue weighted by atomic mass is 9.65. The van der Waals surface area contributed by atoms with Gasteiger partial charge in [-0.1, -0.05) is 75.3 Å². The molecule has 0 saturated heterocycles. The van der Waals surface area contributed by atoms with Crippen LogP contribution in [0.4, 0.5) is 0 Å². The molecule has 2 atom stereocenters. The van der Waals surface area contributed by atoms with Gasteiger partial charge in [-0.25, -0.2) is 0 Å². The summed E-state index contributed by atoms with van der Waals surface area (Å²) in [6.07, 6.45) is 9.38. The summed E-state index contributed by atoms with van der Waals surface area (Å²) in [6, 6.07) is 8.79. The quantitative estimate of drug-likeness (QED) is 0.682. The molecule has 1 aliphatic carbocycles. The molecule has 0 aliphatic heterocycles. The number of allylic oxidation sites excluding steroid dienone is 4. The minimum absolute atomic E-state index is 0.143. The van der Waals surface area contributed by atoms with Crippen LogP contribution in [0.25, 0.3) is 0 Å².